The fourth-order valence-corrected chi connectivity index (χ4v) is 12.1. The first kappa shape index (κ1) is 28.6. The summed E-state index contributed by atoms with van der Waals surface area (Å²) < 4.78 is 0. The summed E-state index contributed by atoms with van der Waals surface area (Å²) in [5.74, 6) is 3.41. The Morgan fingerprint density at radius 1 is 0.510 bits per heavy atom. The fraction of sp³-hybridized carbons (Fsp3) is 0.348. The standard InChI is InChI=1S/C46H45BN2/c1-4-12-34(13-5-1)35-25-43-45-44(26-35)49(38-16-8-3-9-17-38)42-27-36(46-28-31-22-32(29-46)24-33(23-31)30-46)20-21-40(42)47(45)39-18-10-11-19-41(39)48(43)37-14-6-2-7-15-37/h2-3,6-11,14-21,25-27,31-34H,1,4-5,12-13,22-24,28-30H2. The smallest absolute Gasteiger partial charge is 0.252 e. The summed E-state index contributed by atoms with van der Waals surface area (Å²) in [4.78, 5) is 5.26. The van der Waals surface area contributed by atoms with Crippen LogP contribution in [0.15, 0.2) is 115 Å². The summed E-state index contributed by atoms with van der Waals surface area (Å²) in [6, 6.07) is 44.8. The van der Waals surface area contributed by atoms with Gasteiger partial charge in [0.1, 0.15) is 0 Å². The molecule has 5 fully saturated rings. The molecule has 5 saturated carbocycles. The minimum Gasteiger partial charge on any atom is -0.311 e. The second kappa shape index (κ2) is 10.9. The summed E-state index contributed by atoms with van der Waals surface area (Å²) in [5, 5.41) is 0. The number of para-hydroxylation sites is 3. The third-order valence-corrected chi connectivity index (χ3v) is 13.8. The molecule has 5 aromatic carbocycles. The van der Waals surface area contributed by atoms with E-state index in [0.29, 0.717) is 11.3 Å². The Hall–Kier alpha value is -4.24. The van der Waals surface area contributed by atoms with Gasteiger partial charge in [-0.25, -0.2) is 0 Å². The Labute approximate surface area is 292 Å². The van der Waals surface area contributed by atoms with Crippen molar-refractivity contribution in [3.05, 3.63) is 126 Å². The van der Waals surface area contributed by atoms with Crippen LogP contribution in [0.25, 0.3) is 0 Å². The molecule has 0 aromatic heterocycles. The number of benzene rings is 5. The molecule has 0 amide bonds. The third kappa shape index (κ3) is 4.33. The van der Waals surface area contributed by atoms with Crippen molar-refractivity contribution in [2.45, 2.75) is 82.0 Å². The van der Waals surface area contributed by atoms with Crippen LogP contribution in [0.4, 0.5) is 34.1 Å². The van der Waals surface area contributed by atoms with Gasteiger partial charge < -0.3 is 9.80 Å². The Bertz CT molecular complexity index is 2030. The van der Waals surface area contributed by atoms with Crippen LogP contribution < -0.4 is 26.2 Å². The Kier molecular flexibility index (Phi) is 6.35. The SMILES string of the molecule is c1ccc(N2c3ccccc3B3c4ccc(C56CC7CC(CC(C7)C5)C6)cc4N(c4ccccc4)c4cc(C5CCCCC5)cc2c43)cc1. The lowest BCUT2D eigenvalue weighted by atomic mass is 9.33. The third-order valence-electron chi connectivity index (χ3n) is 13.8. The lowest BCUT2D eigenvalue weighted by Gasteiger charge is -2.57. The van der Waals surface area contributed by atoms with Gasteiger partial charge in [0, 0.05) is 34.1 Å². The molecule has 3 heteroatoms. The average molecular weight is 637 g/mol. The molecule has 5 aromatic rings. The predicted molar refractivity (Wildman–Crippen MR) is 206 cm³/mol. The topological polar surface area (TPSA) is 6.48 Å². The van der Waals surface area contributed by atoms with E-state index in [1.165, 1.54) is 127 Å². The second-order valence-corrected chi connectivity index (χ2v) is 16.6. The second-order valence-electron chi connectivity index (χ2n) is 16.6. The van der Waals surface area contributed by atoms with Crippen LogP contribution >= 0.6 is 0 Å². The van der Waals surface area contributed by atoms with E-state index < -0.39 is 0 Å². The molecule has 0 unspecified atom stereocenters. The molecule has 0 radical (unpaired) electrons. The van der Waals surface area contributed by atoms with E-state index in [2.05, 4.69) is 125 Å². The molecule has 242 valence electrons. The Balaban J connectivity index is 1.19. The number of anilines is 6. The number of fused-ring (bicyclic) bond motifs is 4. The van der Waals surface area contributed by atoms with E-state index in [1.807, 2.05) is 0 Å². The van der Waals surface area contributed by atoms with Gasteiger partial charge in [-0.05, 0) is 156 Å². The maximum atomic E-state index is 2.69. The highest BCUT2D eigenvalue weighted by Crippen LogP contribution is 2.61. The van der Waals surface area contributed by atoms with Crippen molar-refractivity contribution in [3.8, 4) is 0 Å². The van der Waals surface area contributed by atoms with Gasteiger partial charge in [0.2, 0.25) is 0 Å². The van der Waals surface area contributed by atoms with Gasteiger partial charge in [-0.1, -0.05) is 86.0 Å². The minimum atomic E-state index is 0.196. The Morgan fingerprint density at radius 3 is 1.69 bits per heavy atom. The molecule has 0 spiro atoms. The zero-order valence-electron chi connectivity index (χ0n) is 28.5. The summed E-state index contributed by atoms with van der Waals surface area (Å²) in [5.41, 5.74) is 15.8. The summed E-state index contributed by atoms with van der Waals surface area (Å²) in [7, 11) is 0. The van der Waals surface area contributed by atoms with Crippen LogP contribution in [-0.2, 0) is 5.41 Å². The molecule has 49 heavy (non-hydrogen) atoms. The van der Waals surface area contributed by atoms with Gasteiger partial charge in [-0.15, -0.1) is 0 Å². The quantitative estimate of drug-likeness (QED) is 0.178. The summed E-state index contributed by atoms with van der Waals surface area (Å²) in [6.45, 7) is 0.196. The molecule has 7 aliphatic rings. The maximum absolute atomic E-state index is 2.69. The first-order chi connectivity index (χ1) is 24.2. The number of nitrogens with zero attached hydrogens (tertiary/aromatic N) is 2. The van der Waals surface area contributed by atoms with E-state index >= 15 is 0 Å². The highest BCUT2D eigenvalue weighted by Gasteiger charge is 2.52. The van der Waals surface area contributed by atoms with Crippen molar-refractivity contribution in [1.29, 1.82) is 0 Å². The molecule has 0 N–H and O–H groups in total. The number of rotatable bonds is 4. The van der Waals surface area contributed by atoms with Gasteiger partial charge in [-0.2, -0.15) is 0 Å². The molecule has 0 atom stereocenters. The highest BCUT2D eigenvalue weighted by atomic mass is 15.2. The van der Waals surface area contributed by atoms with Crippen molar-refractivity contribution in [3.63, 3.8) is 0 Å². The first-order valence-electron chi connectivity index (χ1n) is 19.3. The molecular weight excluding hydrogens is 591 g/mol. The fourth-order valence-electron chi connectivity index (χ4n) is 12.1. The first-order valence-corrected chi connectivity index (χ1v) is 19.3. The van der Waals surface area contributed by atoms with Crippen LogP contribution in [0, 0.1) is 17.8 Å². The zero-order valence-corrected chi connectivity index (χ0v) is 28.5. The van der Waals surface area contributed by atoms with Crippen LogP contribution in [0.3, 0.4) is 0 Å². The monoisotopic (exact) mass is 636 g/mol. The molecule has 2 nitrogen and oxygen atoms in total. The minimum absolute atomic E-state index is 0.196. The molecule has 2 heterocycles. The van der Waals surface area contributed by atoms with Gasteiger partial charge in [-0.3, -0.25) is 0 Å². The molecule has 2 aliphatic heterocycles. The summed E-state index contributed by atoms with van der Waals surface area (Å²) in [6.07, 6.45) is 15.3. The van der Waals surface area contributed by atoms with Crippen LogP contribution in [0.2, 0.25) is 0 Å². The van der Waals surface area contributed by atoms with Crippen molar-refractivity contribution >= 4 is 57.2 Å². The number of hydrogen-bond acceptors (Lipinski definition) is 2. The van der Waals surface area contributed by atoms with Crippen molar-refractivity contribution in [2.24, 2.45) is 17.8 Å². The maximum Gasteiger partial charge on any atom is 0.252 e. The molecular formula is C46H45BN2. The van der Waals surface area contributed by atoms with Crippen molar-refractivity contribution < 1.29 is 0 Å². The van der Waals surface area contributed by atoms with Crippen LogP contribution in [0.5, 0.6) is 0 Å². The van der Waals surface area contributed by atoms with Gasteiger partial charge in [0.15, 0.2) is 0 Å². The van der Waals surface area contributed by atoms with E-state index in [-0.39, 0.29) is 6.71 Å². The Morgan fingerprint density at radius 2 is 1.06 bits per heavy atom. The molecule has 0 saturated heterocycles. The van der Waals surface area contributed by atoms with E-state index in [0.717, 1.165) is 17.8 Å². The number of hydrogen-bond donors (Lipinski definition) is 0. The highest BCUT2D eigenvalue weighted by molar-refractivity contribution is 7.00. The van der Waals surface area contributed by atoms with Gasteiger partial charge >= 0.3 is 0 Å². The molecule has 5 aliphatic carbocycles. The van der Waals surface area contributed by atoms with Gasteiger partial charge in [0.25, 0.3) is 6.71 Å². The van der Waals surface area contributed by atoms with E-state index in [1.54, 1.807) is 5.56 Å². The zero-order chi connectivity index (χ0) is 32.1. The lowest BCUT2D eigenvalue weighted by Crippen LogP contribution is -2.61. The van der Waals surface area contributed by atoms with Crippen LogP contribution in [-0.4, -0.2) is 6.71 Å². The van der Waals surface area contributed by atoms with E-state index in [9.17, 15) is 0 Å². The average Bonchev–Trinajstić information content (AvgIpc) is 3.15. The van der Waals surface area contributed by atoms with Crippen molar-refractivity contribution in [1.82, 2.24) is 0 Å². The van der Waals surface area contributed by atoms with Crippen molar-refractivity contribution in [2.75, 3.05) is 9.80 Å². The lowest BCUT2D eigenvalue weighted by molar-refractivity contribution is -0.00516. The van der Waals surface area contributed by atoms with E-state index in [4.69, 9.17) is 0 Å². The van der Waals surface area contributed by atoms with Gasteiger partial charge in [0.05, 0.1) is 0 Å². The predicted octanol–water partition coefficient (Wildman–Crippen LogP) is 10.3. The largest absolute Gasteiger partial charge is 0.311 e. The molecule has 12 rings (SSSR count). The normalized spacial score (nSPS) is 26.4. The molecule has 4 bridgehead atoms. The van der Waals surface area contributed by atoms with Crippen LogP contribution in [0.1, 0.15) is 87.7 Å². The summed E-state index contributed by atoms with van der Waals surface area (Å²) >= 11 is 0.